The summed E-state index contributed by atoms with van der Waals surface area (Å²) in [6.07, 6.45) is 0. The van der Waals surface area contributed by atoms with Crippen LogP contribution < -0.4 is 11.1 Å². The molecule has 196 valence electrons. The first-order valence-corrected chi connectivity index (χ1v) is 12.3. The number of benzene rings is 2. The summed E-state index contributed by atoms with van der Waals surface area (Å²) in [4.78, 5) is 41.9. The van der Waals surface area contributed by atoms with Gasteiger partial charge in [-0.15, -0.1) is 0 Å². The van der Waals surface area contributed by atoms with Crippen molar-refractivity contribution in [2.45, 2.75) is 33.4 Å². The predicted octanol–water partition coefficient (Wildman–Crippen LogP) is 2.00. The third kappa shape index (κ3) is 6.14. The van der Waals surface area contributed by atoms with Crippen LogP contribution in [-0.2, 0) is 16.1 Å². The van der Waals surface area contributed by atoms with Crippen molar-refractivity contribution in [3.8, 4) is 0 Å². The number of nitrogens with zero attached hydrogens (tertiary/aromatic N) is 4. The second-order valence-electron chi connectivity index (χ2n) is 10.5. The number of nitrogens with one attached hydrogen (secondary N) is 1. The molecule has 9 nitrogen and oxygen atoms in total. The molecule has 3 N–H and O–H groups in total. The van der Waals surface area contributed by atoms with Crippen molar-refractivity contribution in [1.82, 2.24) is 24.9 Å². The molecule has 0 saturated carbocycles. The van der Waals surface area contributed by atoms with Gasteiger partial charge in [0.25, 0.3) is 5.91 Å². The van der Waals surface area contributed by atoms with Crippen LogP contribution >= 0.6 is 0 Å². The first-order valence-electron chi connectivity index (χ1n) is 12.3. The maximum absolute atomic E-state index is 13.5. The van der Waals surface area contributed by atoms with Gasteiger partial charge >= 0.3 is 0 Å². The van der Waals surface area contributed by atoms with Crippen molar-refractivity contribution in [3.63, 3.8) is 0 Å². The molecule has 0 spiro atoms. The minimum absolute atomic E-state index is 0.162. The van der Waals surface area contributed by atoms with Crippen LogP contribution in [-0.4, -0.2) is 76.1 Å². The highest BCUT2D eigenvalue weighted by atomic mass is 19.1. The number of para-hydroxylation sites is 1. The molecule has 0 bridgehead atoms. The van der Waals surface area contributed by atoms with Crippen molar-refractivity contribution in [3.05, 3.63) is 65.6 Å². The summed E-state index contributed by atoms with van der Waals surface area (Å²) in [6.45, 7) is 8.23. The Kier molecular flexibility index (Phi) is 7.58. The average molecular weight is 509 g/mol. The van der Waals surface area contributed by atoms with Crippen molar-refractivity contribution in [1.29, 1.82) is 0 Å². The highest BCUT2D eigenvalue weighted by molar-refractivity contribution is 6.06. The Morgan fingerprint density at radius 2 is 1.68 bits per heavy atom. The fourth-order valence-electron chi connectivity index (χ4n) is 4.56. The highest BCUT2D eigenvalue weighted by Gasteiger charge is 2.37. The SMILES string of the molecule is CC(C)(C)C(NC(=O)c1nn(Cc2ccc(F)cc2)c2ccccc12)C(=O)N1CCN(CC(N)=O)CC1. The summed E-state index contributed by atoms with van der Waals surface area (Å²) < 4.78 is 15.1. The van der Waals surface area contributed by atoms with E-state index >= 15 is 0 Å². The van der Waals surface area contributed by atoms with E-state index in [1.807, 2.05) is 49.9 Å². The molecule has 37 heavy (non-hydrogen) atoms. The van der Waals surface area contributed by atoms with Crippen molar-refractivity contribution >= 4 is 28.6 Å². The number of piperazine rings is 1. The second kappa shape index (κ2) is 10.7. The van der Waals surface area contributed by atoms with E-state index in [2.05, 4.69) is 10.4 Å². The lowest BCUT2D eigenvalue weighted by Gasteiger charge is -2.39. The van der Waals surface area contributed by atoms with E-state index < -0.39 is 23.3 Å². The van der Waals surface area contributed by atoms with Gasteiger partial charge in [0.05, 0.1) is 18.6 Å². The first-order chi connectivity index (χ1) is 17.5. The molecule has 4 rings (SSSR count). The zero-order chi connectivity index (χ0) is 26.7. The Morgan fingerprint density at radius 1 is 1.03 bits per heavy atom. The molecule has 1 saturated heterocycles. The summed E-state index contributed by atoms with van der Waals surface area (Å²) in [5.41, 5.74) is 6.58. The average Bonchev–Trinajstić information content (AvgIpc) is 3.21. The Bertz CT molecular complexity index is 1290. The summed E-state index contributed by atoms with van der Waals surface area (Å²) in [6, 6.07) is 12.8. The molecule has 2 heterocycles. The number of nitrogens with two attached hydrogens (primary N) is 1. The summed E-state index contributed by atoms with van der Waals surface area (Å²) in [7, 11) is 0. The fourth-order valence-corrected chi connectivity index (χ4v) is 4.56. The molecule has 1 unspecified atom stereocenters. The molecule has 0 aliphatic carbocycles. The number of hydrogen-bond donors (Lipinski definition) is 2. The van der Waals surface area contributed by atoms with Crippen LogP contribution in [0.4, 0.5) is 4.39 Å². The van der Waals surface area contributed by atoms with E-state index in [0.29, 0.717) is 38.1 Å². The van der Waals surface area contributed by atoms with Gasteiger partial charge in [-0.3, -0.25) is 24.0 Å². The van der Waals surface area contributed by atoms with Crippen LogP contribution in [0.3, 0.4) is 0 Å². The van der Waals surface area contributed by atoms with Gasteiger partial charge < -0.3 is 16.0 Å². The minimum atomic E-state index is -0.774. The number of halogens is 1. The molecule has 1 aliphatic rings. The van der Waals surface area contributed by atoms with Gasteiger partial charge in [-0.05, 0) is 29.2 Å². The molecule has 2 aromatic carbocycles. The lowest BCUT2D eigenvalue weighted by molar-refractivity contribution is -0.137. The Labute approximate surface area is 215 Å². The van der Waals surface area contributed by atoms with Gasteiger partial charge in [0.1, 0.15) is 11.9 Å². The second-order valence-corrected chi connectivity index (χ2v) is 10.5. The smallest absolute Gasteiger partial charge is 0.273 e. The summed E-state index contributed by atoms with van der Waals surface area (Å²) in [5, 5.41) is 8.20. The van der Waals surface area contributed by atoms with Crippen LogP contribution in [0, 0.1) is 11.2 Å². The molecule has 3 amide bonds. The molecule has 1 aliphatic heterocycles. The predicted molar refractivity (Wildman–Crippen MR) is 138 cm³/mol. The summed E-state index contributed by atoms with van der Waals surface area (Å²) >= 11 is 0. The topological polar surface area (TPSA) is 114 Å². The van der Waals surface area contributed by atoms with Crippen LogP contribution in [0.25, 0.3) is 10.9 Å². The van der Waals surface area contributed by atoms with Crippen molar-refractivity contribution in [2.24, 2.45) is 11.1 Å². The molecule has 1 atom stereocenters. The monoisotopic (exact) mass is 508 g/mol. The van der Waals surface area contributed by atoms with Gasteiger partial charge in [0.15, 0.2) is 5.69 Å². The van der Waals surface area contributed by atoms with Crippen molar-refractivity contribution in [2.75, 3.05) is 32.7 Å². The highest BCUT2D eigenvalue weighted by Crippen LogP contribution is 2.24. The first kappa shape index (κ1) is 26.3. The van der Waals surface area contributed by atoms with Crippen LogP contribution in [0.2, 0.25) is 0 Å². The van der Waals surface area contributed by atoms with Gasteiger partial charge in [-0.1, -0.05) is 51.1 Å². The minimum Gasteiger partial charge on any atom is -0.369 e. The molecule has 10 heteroatoms. The maximum atomic E-state index is 13.5. The van der Waals surface area contributed by atoms with Gasteiger partial charge in [-0.25, -0.2) is 4.39 Å². The number of carbonyl (C=O) groups is 3. The Hall–Kier alpha value is -3.79. The molecule has 1 aromatic heterocycles. The number of carbonyl (C=O) groups excluding carboxylic acids is 3. The molecule has 1 fully saturated rings. The van der Waals surface area contributed by atoms with E-state index in [4.69, 9.17) is 5.73 Å². The fraction of sp³-hybridized carbons (Fsp3) is 0.407. The Morgan fingerprint density at radius 3 is 2.30 bits per heavy atom. The number of aromatic nitrogens is 2. The number of rotatable bonds is 7. The maximum Gasteiger partial charge on any atom is 0.273 e. The number of amides is 3. The van der Waals surface area contributed by atoms with Crippen LogP contribution in [0.1, 0.15) is 36.8 Å². The lowest BCUT2D eigenvalue weighted by atomic mass is 9.85. The van der Waals surface area contributed by atoms with Gasteiger partial charge in [0, 0.05) is 31.6 Å². The van der Waals surface area contributed by atoms with E-state index in [0.717, 1.165) is 11.1 Å². The van der Waals surface area contributed by atoms with E-state index in [9.17, 15) is 18.8 Å². The van der Waals surface area contributed by atoms with Crippen LogP contribution in [0.15, 0.2) is 48.5 Å². The third-order valence-corrected chi connectivity index (χ3v) is 6.57. The van der Waals surface area contributed by atoms with Gasteiger partial charge in [-0.2, -0.15) is 5.10 Å². The molecular weight excluding hydrogens is 475 g/mol. The lowest BCUT2D eigenvalue weighted by Crippen LogP contribution is -2.59. The molecule has 3 aromatic rings. The largest absolute Gasteiger partial charge is 0.369 e. The molecular formula is C27H33FN6O3. The number of fused-ring (bicyclic) bond motifs is 1. The third-order valence-electron chi connectivity index (χ3n) is 6.57. The number of primary amides is 1. The van der Waals surface area contributed by atoms with E-state index in [1.165, 1.54) is 12.1 Å². The van der Waals surface area contributed by atoms with Crippen LogP contribution in [0.5, 0.6) is 0 Å². The van der Waals surface area contributed by atoms with E-state index in [1.54, 1.807) is 21.7 Å². The quantitative estimate of drug-likeness (QED) is 0.507. The van der Waals surface area contributed by atoms with Crippen molar-refractivity contribution < 1.29 is 18.8 Å². The van der Waals surface area contributed by atoms with Gasteiger partial charge in [0.2, 0.25) is 11.8 Å². The summed E-state index contributed by atoms with van der Waals surface area (Å²) in [5.74, 6) is -1.32. The normalized spacial score (nSPS) is 15.5. The Balaban J connectivity index is 1.54. The zero-order valence-corrected chi connectivity index (χ0v) is 21.4. The molecule has 0 radical (unpaired) electrons. The standard InChI is InChI=1S/C27H33FN6O3/c1-27(2,3)24(26(37)33-14-12-32(13-15-33)17-22(29)35)30-25(36)23-20-6-4-5-7-21(20)34(31-23)16-18-8-10-19(28)11-9-18/h4-11,24H,12-17H2,1-3H3,(H2,29,35)(H,30,36). The zero-order valence-electron chi connectivity index (χ0n) is 21.4. The van der Waals surface area contributed by atoms with E-state index in [-0.39, 0.29) is 24.0 Å². The number of hydrogen-bond acceptors (Lipinski definition) is 5.